The molecule has 5 nitrogen and oxygen atoms in total. The summed E-state index contributed by atoms with van der Waals surface area (Å²) in [6, 6.07) is 0. The van der Waals surface area contributed by atoms with Crippen molar-refractivity contribution in [1.29, 1.82) is 0 Å². The molecular formula is C10H21NO4S2. The van der Waals surface area contributed by atoms with Crippen LogP contribution >= 0.6 is 0 Å². The quantitative estimate of drug-likeness (QED) is 0.730. The van der Waals surface area contributed by atoms with Crippen molar-refractivity contribution >= 4 is 19.7 Å². The molecule has 0 amide bonds. The van der Waals surface area contributed by atoms with Crippen molar-refractivity contribution in [3.8, 4) is 0 Å². The zero-order chi connectivity index (χ0) is 13.1. The van der Waals surface area contributed by atoms with E-state index in [9.17, 15) is 16.8 Å². The van der Waals surface area contributed by atoms with E-state index in [1.807, 2.05) is 0 Å². The Morgan fingerprint density at radius 2 is 2.06 bits per heavy atom. The molecule has 7 heteroatoms. The molecule has 1 aliphatic heterocycles. The lowest BCUT2D eigenvalue weighted by atomic mass is 9.90. The van der Waals surface area contributed by atoms with Crippen molar-refractivity contribution in [1.82, 2.24) is 0 Å². The molecule has 2 atom stereocenters. The largest absolute Gasteiger partial charge is 0.330 e. The van der Waals surface area contributed by atoms with E-state index in [0.29, 0.717) is 19.4 Å². The first kappa shape index (κ1) is 14.9. The normalized spacial score (nSPS) is 25.9. The summed E-state index contributed by atoms with van der Waals surface area (Å²) < 4.78 is 45.5. The lowest BCUT2D eigenvalue weighted by Gasteiger charge is -2.20. The number of nitrogens with two attached hydrogens (primary N) is 1. The van der Waals surface area contributed by atoms with Crippen LogP contribution in [0.15, 0.2) is 0 Å². The number of rotatable bonds is 6. The van der Waals surface area contributed by atoms with Gasteiger partial charge in [-0.3, -0.25) is 0 Å². The summed E-state index contributed by atoms with van der Waals surface area (Å²) in [6.45, 7) is 1.98. The van der Waals surface area contributed by atoms with Crippen LogP contribution in [0.4, 0.5) is 0 Å². The van der Waals surface area contributed by atoms with Gasteiger partial charge in [-0.1, -0.05) is 6.92 Å². The third-order valence-electron chi connectivity index (χ3n) is 3.48. The highest BCUT2D eigenvalue weighted by molar-refractivity contribution is 7.91. The van der Waals surface area contributed by atoms with Gasteiger partial charge < -0.3 is 5.73 Å². The monoisotopic (exact) mass is 283 g/mol. The fraction of sp³-hybridized carbons (Fsp3) is 1.00. The molecule has 1 fully saturated rings. The molecular weight excluding hydrogens is 262 g/mol. The molecule has 0 saturated carbocycles. The third kappa shape index (κ3) is 4.56. The van der Waals surface area contributed by atoms with Gasteiger partial charge in [0.2, 0.25) is 0 Å². The molecule has 1 heterocycles. The number of sulfone groups is 2. The SMILES string of the molecule is CCS(=O)(=O)CCC(CN)C1CCS(=O)(=O)C1. The smallest absolute Gasteiger partial charge is 0.150 e. The highest BCUT2D eigenvalue weighted by Gasteiger charge is 2.33. The van der Waals surface area contributed by atoms with Crippen LogP contribution in [0, 0.1) is 11.8 Å². The van der Waals surface area contributed by atoms with Gasteiger partial charge >= 0.3 is 0 Å². The minimum Gasteiger partial charge on any atom is -0.330 e. The minimum absolute atomic E-state index is 0.00796. The second kappa shape index (κ2) is 5.67. The molecule has 0 aromatic carbocycles. The maximum atomic E-state index is 11.4. The van der Waals surface area contributed by atoms with Crippen LogP contribution in [0.3, 0.4) is 0 Å². The van der Waals surface area contributed by atoms with Crippen molar-refractivity contribution in [2.45, 2.75) is 19.8 Å². The molecule has 1 saturated heterocycles. The topological polar surface area (TPSA) is 94.3 Å². The van der Waals surface area contributed by atoms with Crippen LogP contribution in [0.1, 0.15) is 19.8 Å². The van der Waals surface area contributed by atoms with Gasteiger partial charge in [0.05, 0.1) is 17.3 Å². The highest BCUT2D eigenvalue weighted by Crippen LogP contribution is 2.27. The standard InChI is InChI=1S/C10H21NO4S2/c1-2-16(12,13)5-3-9(7-11)10-4-6-17(14,15)8-10/h9-10H,2-8,11H2,1H3. The maximum Gasteiger partial charge on any atom is 0.150 e. The van der Waals surface area contributed by atoms with Gasteiger partial charge in [-0.2, -0.15) is 0 Å². The van der Waals surface area contributed by atoms with E-state index < -0.39 is 19.7 Å². The molecule has 0 spiro atoms. The van der Waals surface area contributed by atoms with Crippen LogP contribution in [-0.4, -0.2) is 46.4 Å². The van der Waals surface area contributed by atoms with Crippen molar-refractivity contribution in [2.24, 2.45) is 17.6 Å². The molecule has 2 unspecified atom stereocenters. The van der Waals surface area contributed by atoms with E-state index in [-0.39, 0.29) is 34.8 Å². The highest BCUT2D eigenvalue weighted by atomic mass is 32.2. The molecule has 1 rings (SSSR count). The summed E-state index contributed by atoms with van der Waals surface area (Å²) in [4.78, 5) is 0. The molecule has 102 valence electrons. The predicted molar refractivity (Wildman–Crippen MR) is 68.3 cm³/mol. The summed E-state index contributed by atoms with van der Waals surface area (Å²) in [5.41, 5.74) is 5.62. The molecule has 0 aromatic rings. The molecule has 2 N–H and O–H groups in total. The first-order valence-electron chi connectivity index (χ1n) is 5.90. The first-order chi connectivity index (χ1) is 7.79. The molecule has 17 heavy (non-hydrogen) atoms. The average molecular weight is 283 g/mol. The zero-order valence-electron chi connectivity index (χ0n) is 10.1. The van der Waals surface area contributed by atoms with Gasteiger partial charge in [-0.25, -0.2) is 16.8 Å². The van der Waals surface area contributed by atoms with Crippen LogP contribution < -0.4 is 5.73 Å². The fourth-order valence-electron chi connectivity index (χ4n) is 2.22. The van der Waals surface area contributed by atoms with E-state index in [0.717, 1.165) is 0 Å². The molecule has 0 radical (unpaired) electrons. The van der Waals surface area contributed by atoms with E-state index in [1.165, 1.54) is 0 Å². The van der Waals surface area contributed by atoms with Gasteiger partial charge in [-0.15, -0.1) is 0 Å². The van der Waals surface area contributed by atoms with Gasteiger partial charge in [0.15, 0.2) is 9.84 Å². The number of hydrogen-bond donors (Lipinski definition) is 1. The molecule has 1 aliphatic rings. The Balaban J connectivity index is 2.56. The third-order valence-corrected chi connectivity index (χ3v) is 7.01. The summed E-state index contributed by atoms with van der Waals surface area (Å²) in [6.07, 6.45) is 1.10. The number of hydrogen-bond acceptors (Lipinski definition) is 5. The van der Waals surface area contributed by atoms with Crippen molar-refractivity contribution in [2.75, 3.05) is 29.6 Å². The second-order valence-corrected chi connectivity index (χ2v) is 9.39. The van der Waals surface area contributed by atoms with Gasteiger partial charge in [0.1, 0.15) is 9.84 Å². The zero-order valence-corrected chi connectivity index (χ0v) is 11.8. The summed E-state index contributed by atoms with van der Waals surface area (Å²) >= 11 is 0. The van der Waals surface area contributed by atoms with E-state index >= 15 is 0 Å². The van der Waals surface area contributed by atoms with Crippen LogP contribution in [0.5, 0.6) is 0 Å². The lowest BCUT2D eigenvalue weighted by Crippen LogP contribution is -2.27. The Morgan fingerprint density at radius 1 is 1.41 bits per heavy atom. The molecule has 0 bridgehead atoms. The summed E-state index contributed by atoms with van der Waals surface area (Å²) in [5, 5.41) is 0. The Bertz CT molecular complexity index is 441. The van der Waals surface area contributed by atoms with Crippen molar-refractivity contribution in [3.63, 3.8) is 0 Å². The Kier molecular flexibility index (Phi) is 4.97. The summed E-state index contributed by atoms with van der Waals surface area (Å²) in [7, 11) is -5.90. The Morgan fingerprint density at radius 3 is 2.47 bits per heavy atom. The Labute approximate surface area is 104 Å². The predicted octanol–water partition coefficient (Wildman–Crippen LogP) is -0.179. The Hall–Kier alpha value is -0.140. The lowest BCUT2D eigenvalue weighted by molar-refractivity contribution is 0.363. The van der Waals surface area contributed by atoms with E-state index in [4.69, 9.17) is 5.73 Å². The second-order valence-electron chi connectivity index (χ2n) is 4.68. The molecule has 0 aliphatic carbocycles. The van der Waals surface area contributed by atoms with Gasteiger partial charge in [-0.05, 0) is 31.2 Å². The van der Waals surface area contributed by atoms with Crippen molar-refractivity contribution in [3.05, 3.63) is 0 Å². The average Bonchev–Trinajstić information content (AvgIpc) is 2.60. The van der Waals surface area contributed by atoms with Gasteiger partial charge in [0.25, 0.3) is 0 Å². The van der Waals surface area contributed by atoms with Crippen molar-refractivity contribution < 1.29 is 16.8 Å². The van der Waals surface area contributed by atoms with Gasteiger partial charge in [0, 0.05) is 5.75 Å². The van der Waals surface area contributed by atoms with E-state index in [2.05, 4.69) is 0 Å². The maximum absolute atomic E-state index is 11.4. The van der Waals surface area contributed by atoms with Crippen LogP contribution in [0.25, 0.3) is 0 Å². The van der Waals surface area contributed by atoms with Crippen LogP contribution in [0.2, 0.25) is 0 Å². The fourth-order valence-corrected chi connectivity index (χ4v) is 5.09. The molecule has 0 aromatic heterocycles. The van der Waals surface area contributed by atoms with E-state index in [1.54, 1.807) is 6.92 Å². The van der Waals surface area contributed by atoms with Crippen LogP contribution in [-0.2, 0) is 19.7 Å². The minimum atomic E-state index is -2.99. The first-order valence-corrected chi connectivity index (χ1v) is 9.55. The summed E-state index contributed by atoms with van der Waals surface area (Å²) in [5.74, 6) is 0.677.